The molecule has 3 rings (SSSR count). The Kier molecular flexibility index (Phi) is 3.95. The van der Waals surface area contributed by atoms with Gasteiger partial charge < -0.3 is 20.3 Å². The molecule has 7 nitrogen and oxygen atoms in total. The van der Waals surface area contributed by atoms with Crippen LogP contribution in [-0.2, 0) is 22.4 Å². The standard InChI is InChI=1S/C20H18ClNO6/c1-10-7-12-14(21)9-13(17(23)16(12)20(27)28-10)18(24)22-15(19(25)26)8-11-5-3-2-4-6-11/h2-6,9-10,15,23H,7-8H2,1H3,(H,22,24)(H,25,26)/t10-,15+/m0/s1/i2D,3D,4D,5D,6D. The number of carbonyl (C=O) groups is 3. The van der Waals surface area contributed by atoms with Crippen molar-refractivity contribution >= 4 is 29.4 Å². The molecule has 1 amide bonds. The molecule has 1 aliphatic rings. The van der Waals surface area contributed by atoms with Crippen LogP contribution in [0.5, 0.6) is 5.75 Å². The maximum atomic E-state index is 12.8. The lowest BCUT2D eigenvalue weighted by atomic mass is 9.95. The average Bonchev–Trinajstić information content (AvgIpc) is 2.74. The first-order chi connectivity index (χ1) is 15.3. The highest BCUT2D eigenvalue weighted by Crippen LogP contribution is 2.36. The lowest BCUT2D eigenvalue weighted by Crippen LogP contribution is -2.42. The van der Waals surface area contributed by atoms with Gasteiger partial charge in [-0.2, -0.15) is 0 Å². The summed E-state index contributed by atoms with van der Waals surface area (Å²) >= 11 is 6.19. The lowest BCUT2D eigenvalue weighted by molar-refractivity contribution is -0.139. The molecule has 2 aromatic carbocycles. The van der Waals surface area contributed by atoms with Crippen molar-refractivity contribution in [1.29, 1.82) is 0 Å². The molecular formula is C20H18ClNO6. The Hall–Kier alpha value is -3.06. The van der Waals surface area contributed by atoms with E-state index < -0.39 is 77.9 Å². The van der Waals surface area contributed by atoms with E-state index in [1.807, 2.05) is 0 Å². The third-order valence-corrected chi connectivity index (χ3v) is 4.50. The largest absolute Gasteiger partial charge is 0.506 e. The highest BCUT2D eigenvalue weighted by atomic mass is 35.5. The Morgan fingerprint density at radius 1 is 1.39 bits per heavy atom. The number of aromatic hydroxyl groups is 1. The maximum Gasteiger partial charge on any atom is 0.342 e. The van der Waals surface area contributed by atoms with Gasteiger partial charge in [-0.3, -0.25) is 4.79 Å². The zero-order chi connectivity index (χ0) is 24.8. The molecule has 1 heterocycles. The van der Waals surface area contributed by atoms with Gasteiger partial charge in [0.05, 0.1) is 12.4 Å². The van der Waals surface area contributed by atoms with Crippen molar-refractivity contribution in [2.45, 2.75) is 31.9 Å². The first-order valence-corrected chi connectivity index (χ1v) is 8.57. The number of benzene rings is 2. The number of ether oxygens (including phenoxy) is 1. The zero-order valence-electron chi connectivity index (χ0n) is 19.6. The number of amides is 1. The molecule has 0 spiro atoms. The maximum absolute atomic E-state index is 12.8. The van der Waals surface area contributed by atoms with E-state index in [1.54, 1.807) is 6.92 Å². The van der Waals surface area contributed by atoms with Crippen molar-refractivity contribution in [3.63, 3.8) is 0 Å². The van der Waals surface area contributed by atoms with Crippen LogP contribution in [0.4, 0.5) is 0 Å². The molecule has 0 unspecified atom stereocenters. The summed E-state index contributed by atoms with van der Waals surface area (Å²) in [6, 6.07) is -3.75. The molecule has 0 bridgehead atoms. The number of carboxylic acids is 1. The van der Waals surface area contributed by atoms with Crippen LogP contribution in [0.1, 0.15) is 45.6 Å². The van der Waals surface area contributed by atoms with Crippen LogP contribution < -0.4 is 5.32 Å². The number of halogens is 1. The van der Waals surface area contributed by atoms with E-state index in [1.165, 1.54) is 0 Å². The van der Waals surface area contributed by atoms with Crippen LogP contribution in [0, 0.1) is 0 Å². The number of phenolic OH excluding ortho intramolecular Hbond substituents is 1. The smallest absolute Gasteiger partial charge is 0.342 e. The predicted octanol–water partition coefficient (Wildman–Crippen LogP) is 2.57. The predicted molar refractivity (Wildman–Crippen MR) is 101 cm³/mol. The van der Waals surface area contributed by atoms with Gasteiger partial charge in [0.2, 0.25) is 0 Å². The summed E-state index contributed by atoms with van der Waals surface area (Å²) in [5, 5.41) is 22.2. The topological polar surface area (TPSA) is 113 Å². The molecule has 0 radical (unpaired) electrons. The molecule has 2 atom stereocenters. The average molecular weight is 409 g/mol. The fourth-order valence-corrected chi connectivity index (χ4v) is 3.14. The van der Waals surface area contributed by atoms with E-state index in [4.69, 9.17) is 23.2 Å². The molecule has 0 fully saturated rings. The van der Waals surface area contributed by atoms with Crippen molar-refractivity contribution in [1.82, 2.24) is 5.32 Å². The van der Waals surface area contributed by atoms with Gasteiger partial charge in [0.1, 0.15) is 23.5 Å². The molecule has 0 aliphatic carbocycles. The Morgan fingerprint density at radius 2 is 2.07 bits per heavy atom. The second-order valence-corrected chi connectivity index (χ2v) is 6.61. The second kappa shape index (κ2) is 7.90. The number of hydrogen-bond donors (Lipinski definition) is 3. The molecule has 0 saturated carbocycles. The van der Waals surface area contributed by atoms with Crippen LogP contribution in [0.25, 0.3) is 0 Å². The molecule has 146 valence electrons. The SMILES string of the molecule is [2H]c1c([2H])c([2H])c(C[C@@H](NC(=O)c2cc(Cl)c3c(c2O)C(=O)O[C@@H](C)C3)C(=O)O)c([2H])c1[2H]. The Labute approximate surface area is 172 Å². The summed E-state index contributed by atoms with van der Waals surface area (Å²) in [4.78, 5) is 36.8. The molecule has 8 heteroatoms. The second-order valence-electron chi connectivity index (χ2n) is 6.20. The first kappa shape index (κ1) is 14.0. The molecule has 28 heavy (non-hydrogen) atoms. The van der Waals surface area contributed by atoms with Crippen LogP contribution in [0.2, 0.25) is 5.02 Å². The molecular weight excluding hydrogens is 386 g/mol. The van der Waals surface area contributed by atoms with Crippen LogP contribution in [-0.4, -0.2) is 40.2 Å². The monoisotopic (exact) mass is 408 g/mol. The quantitative estimate of drug-likeness (QED) is 0.655. The van der Waals surface area contributed by atoms with Crippen LogP contribution in [0.3, 0.4) is 0 Å². The lowest BCUT2D eigenvalue weighted by Gasteiger charge is -2.24. The summed E-state index contributed by atoms with van der Waals surface area (Å²) in [6.07, 6.45) is -0.909. The first-order valence-electron chi connectivity index (χ1n) is 10.7. The summed E-state index contributed by atoms with van der Waals surface area (Å²) in [7, 11) is 0. The van der Waals surface area contributed by atoms with Crippen molar-refractivity contribution < 1.29 is 36.2 Å². The number of esters is 1. The Balaban J connectivity index is 1.97. The van der Waals surface area contributed by atoms with Crippen molar-refractivity contribution in [3.05, 3.63) is 63.6 Å². The molecule has 0 aromatic heterocycles. The van der Waals surface area contributed by atoms with Gasteiger partial charge in [-0.15, -0.1) is 0 Å². The number of nitrogens with one attached hydrogen (secondary N) is 1. The number of aliphatic carboxylic acids is 1. The highest BCUT2D eigenvalue weighted by molar-refractivity contribution is 6.32. The van der Waals surface area contributed by atoms with E-state index in [0.717, 1.165) is 6.07 Å². The third-order valence-electron chi connectivity index (χ3n) is 4.17. The molecule has 1 aliphatic heterocycles. The number of rotatable bonds is 5. The van der Waals surface area contributed by atoms with Gasteiger partial charge in [0.25, 0.3) is 5.91 Å². The molecule has 2 aromatic rings. The fraction of sp³-hybridized carbons (Fsp3) is 0.250. The number of carbonyl (C=O) groups excluding carboxylic acids is 2. The van der Waals surface area contributed by atoms with Crippen LogP contribution in [0.15, 0.2) is 36.3 Å². The normalized spacial score (nSPS) is 19.1. The minimum atomic E-state index is -1.72. The minimum absolute atomic E-state index is 0.00828. The summed E-state index contributed by atoms with van der Waals surface area (Å²) in [5.41, 5.74) is -0.775. The van der Waals surface area contributed by atoms with E-state index in [2.05, 4.69) is 5.32 Å². The van der Waals surface area contributed by atoms with E-state index >= 15 is 0 Å². The zero-order valence-corrected chi connectivity index (χ0v) is 15.3. The third kappa shape index (κ3) is 3.94. The Bertz CT molecular complexity index is 1180. The number of hydrogen-bond acceptors (Lipinski definition) is 5. The number of fused-ring (bicyclic) bond motifs is 1. The van der Waals surface area contributed by atoms with Gasteiger partial charge in [0, 0.05) is 17.9 Å². The van der Waals surface area contributed by atoms with Crippen molar-refractivity contribution in [2.24, 2.45) is 0 Å². The van der Waals surface area contributed by atoms with Crippen molar-refractivity contribution in [2.75, 3.05) is 0 Å². The summed E-state index contributed by atoms with van der Waals surface area (Å²) < 4.78 is 44.0. The Morgan fingerprint density at radius 3 is 2.71 bits per heavy atom. The highest BCUT2D eigenvalue weighted by Gasteiger charge is 2.33. The number of cyclic esters (lactones) is 1. The van der Waals surface area contributed by atoms with Crippen molar-refractivity contribution in [3.8, 4) is 5.75 Å². The minimum Gasteiger partial charge on any atom is -0.506 e. The number of phenols is 1. The van der Waals surface area contributed by atoms with E-state index in [9.17, 15) is 24.6 Å². The fourth-order valence-electron chi connectivity index (χ4n) is 2.86. The number of carboxylic acid groups (broad SMARTS) is 1. The summed E-state index contributed by atoms with van der Waals surface area (Å²) in [5.74, 6) is -4.25. The van der Waals surface area contributed by atoms with Gasteiger partial charge in [-0.05, 0) is 24.1 Å². The van der Waals surface area contributed by atoms with Gasteiger partial charge in [-0.1, -0.05) is 41.8 Å². The van der Waals surface area contributed by atoms with Crippen LogP contribution >= 0.6 is 11.6 Å². The van der Waals surface area contributed by atoms with E-state index in [0.29, 0.717) is 5.56 Å². The van der Waals surface area contributed by atoms with Gasteiger partial charge >= 0.3 is 11.9 Å². The molecule has 3 N–H and O–H groups in total. The van der Waals surface area contributed by atoms with Gasteiger partial charge in [-0.25, -0.2) is 9.59 Å². The molecule has 0 saturated heterocycles. The summed E-state index contributed by atoms with van der Waals surface area (Å²) in [6.45, 7) is 1.63. The van der Waals surface area contributed by atoms with E-state index in [-0.39, 0.29) is 22.6 Å². The van der Waals surface area contributed by atoms with Gasteiger partial charge in [0.15, 0.2) is 0 Å².